The van der Waals surface area contributed by atoms with Gasteiger partial charge in [-0.2, -0.15) is 0 Å². The van der Waals surface area contributed by atoms with E-state index in [-0.39, 0.29) is 24.7 Å². The normalized spacial score (nSPS) is 16.7. The molecule has 8 heteroatoms. The van der Waals surface area contributed by atoms with Crippen LogP contribution in [0.3, 0.4) is 0 Å². The van der Waals surface area contributed by atoms with Crippen molar-refractivity contribution in [3.63, 3.8) is 0 Å². The highest BCUT2D eigenvalue weighted by atomic mass is 16.6. The third kappa shape index (κ3) is 3.97. The van der Waals surface area contributed by atoms with Crippen molar-refractivity contribution in [2.45, 2.75) is 39.3 Å². The van der Waals surface area contributed by atoms with Crippen LogP contribution in [0, 0.1) is 0 Å². The Balaban J connectivity index is 1.40. The van der Waals surface area contributed by atoms with E-state index in [2.05, 4.69) is 33.3 Å². The van der Waals surface area contributed by atoms with Crippen molar-refractivity contribution >= 4 is 28.6 Å². The van der Waals surface area contributed by atoms with Gasteiger partial charge >= 0.3 is 6.09 Å². The Hall–Kier alpha value is -3.68. The highest BCUT2D eigenvalue weighted by molar-refractivity contribution is 5.92. The zero-order valence-electron chi connectivity index (χ0n) is 19.2. The van der Waals surface area contributed by atoms with Crippen LogP contribution in [0.2, 0.25) is 0 Å². The quantitative estimate of drug-likeness (QED) is 0.468. The Morgan fingerprint density at radius 2 is 1.82 bits per heavy atom. The first-order valence-electron chi connectivity index (χ1n) is 11.4. The number of hydrogen-bond acceptors (Lipinski definition) is 6. The number of aromatic nitrogens is 4. The van der Waals surface area contributed by atoms with Crippen molar-refractivity contribution in [3.05, 3.63) is 66.0 Å². The molecule has 0 aliphatic carbocycles. The molecule has 0 N–H and O–H groups in total. The molecule has 0 saturated carbocycles. The number of anilines is 1. The Kier molecular flexibility index (Phi) is 5.58. The molecule has 170 valence electrons. The maximum atomic E-state index is 12.8. The number of amides is 1. The summed E-state index contributed by atoms with van der Waals surface area (Å²) in [6.45, 7) is 8.40. The molecule has 2 aromatic carbocycles. The van der Waals surface area contributed by atoms with Gasteiger partial charge in [-0.1, -0.05) is 56.3 Å². The summed E-state index contributed by atoms with van der Waals surface area (Å²) in [6.07, 6.45) is -0.283. The van der Waals surface area contributed by atoms with Gasteiger partial charge in [-0.05, 0) is 24.6 Å². The van der Waals surface area contributed by atoms with E-state index in [0.29, 0.717) is 19.6 Å². The van der Waals surface area contributed by atoms with E-state index >= 15 is 0 Å². The number of hydrogen-bond donors (Lipinski definition) is 0. The van der Waals surface area contributed by atoms with Gasteiger partial charge in [0.2, 0.25) is 5.95 Å². The zero-order chi connectivity index (χ0) is 22.9. The van der Waals surface area contributed by atoms with E-state index in [1.54, 1.807) is 4.90 Å². The van der Waals surface area contributed by atoms with E-state index < -0.39 is 0 Å². The highest BCUT2D eigenvalue weighted by Crippen LogP contribution is 2.28. The molecule has 4 aromatic rings. The summed E-state index contributed by atoms with van der Waals surface area (Å²) in [5.41, 5.74) is 2.69. The maximum absolute atomic E-state index is 12.8. The lowest BCUT2D eigenvalue weighted by Gasteiger charge is -2.39. The van der Waals surface area contributed by atoms with Gasteiger partial charge in [0.05, 0.1) is 5.52 Å². The molecule has 1 saturated heterocycles. The molecule has 2 aromatic heterocycles. The summed E-state index contributed by atoms with van der Waals surface area (Å²) in [5.74, 6) is 1.91. The molecule has 1 fully saturated rings. The summed E-state index contributed by atoms with van der Waals surface area (Å²) in [5, 5.41) is 9.96. The van der Waals surface area contributed by atoms with Crippen molar-refractivity contribution in [2.24, 2.45) is 0 Å². The smallest absolute Gasteiger partial charge is 0.410 e. The minimum Gasteiger partial charge on any atom is -0.445 e. The number of para-hydroxylation sites is 1. The van der Waals surface area contributed by atoms with E-state index in [9.17, 15) is 4.79 Å². The van der Waals surface area contributed by atoms with Crippen molar-refractivity contribution in [1.29, 1.82) is 0 Å². The van der Waals surface area contributed by atoms with Gasteiger partial charge in [-0.15, -0.1) is 10.2 Å². The molecular weight excluding hydrogens is 416 g/mol. The fourth-order valence-electron chi connectivity index (χ4n) is 4.38. The fraction of sp³-hybridized carbons (Fsp3) is 0.360. The van der Waals surface area contributed by atoms with Crippen LogP contribution in [-0.2, 0) is 11.3 Å². The van der Waals surface area contributed by atoms with Gasteiger partial charge < -0.3 is 14.5 Å². The van der Waals surface area contributed by atoms with E-state index in [1.165, 1.54) is 0 Å². The fourth-order valence-corrected chi connectivity index (χ4v) is 4.38. The Labute approximate surface area is 192 Å². The average Bonchev–Trinajstić information content (AvgIpc) is 3.28. The molecule has 1 atom stereocenters. The first kappa shape index (κ1) is 21.2. The number of carbonyl (C=O) groups is 1. The van der Waals surface area contributed by atoms with Crippen LogP contribution in [0.15, 0.2) is 54.6 Å². The molecule has 8 nitrogen and oxygen atoms in total. The first-order chi connectivity index (χ1) is 16.0. The number of ether oxygens (including phenoxy) is 1. The van der Waals surface area contributed by atoms with Crippen LogP contribution in [0.1, 0.15) is 38.1 Å². The lowest BCUT2D eigenvalue weighted by molar-refractivity contribution is 0.0793. The summed E-state index contributed by atoms with van der Waals surface area (Å²) in [4.78, 5) is 21.8. The van der Waals surface area contributed by atoms with Gasteiger partial charge in [-0.25, -0.2) is 14.2 Å². The number of carbonyl (C=O) groups excluding carboxylic acids is 1. The molecule has 5 rings (SSSR count). The lowest BCUT2D eigenvalue weighted by atomic mass is 10.2. The second kappa shape index (κ2) is 8.69. The van der Waals surface area contributed by atoms with Crippen LogP contribution in [0.5, 0.6) is 0 Å². The van der Waals surface area contributed by atoms with Crippen molar-refractivity contribution in [1.82, 2.24) is 24.5 Å². The third-order valence-electron chi connectivity index (χ3n) is 6.12. The first-order valence-corrected chi connectivity index (χ1v) is 11.4. The third-order valence-corrected chi connectivity index (χ3v) is 6.12. The summed E-state index contributed by atoms with van der Waals surface area (Å²) in [6, 6.07) is 17.7. The van der Waals surface area contributed by atoms with Crippen LogP contribution >= 0.6 is 0 Å². The monoisotopic (exact) mass is 444 g/mol. The molecule has 0 bridgehead atoms. The topological polar surface area (TPSA) is 75.9 Å². The van der Waals surface area contributed by atoms with E-state index in [4.69, 9.17) is 9.72 Å². The minimum absolute atomic E-state index is 0.0238. The van der Waals surface area contributed by atoms with Crippen molar-refractivity contribution in [3.8, 4) is 0 Å². The Bertz CT molecular complexity index is 1290. The van der Waals surface area contributed by atoms with Gasteiger partial charge in [0, 0.05) is 37.0 Å². The number of benzene rings is 2. The molecule has 3 heterocycles. The highest BCUT2D eigenvalue weighted by Gasteiger charge is 2.31. The van der Waals surface area contributed by atoms with Gasteiger partial charge in [0.15, 0.2) is 5.65 Å². The van der Waals surface area contributed by atoms with E-state index in [1.807, 2.05) is 61.5 Å². The second-order valence-electron chi connectivity index (χ2n) is 8.83. The molecule has 33 heavy (non-hydrogen) atoms. The van der Waals surface area contributed by atoms with Crippen LogP contribution in [0.25, 0.3) is 16.6 Å². The summed E-state index contributed by atoms with van der Waals surface area (Å²) >= 11 is 0. The molecule has 1 aliphatic rings. The number of fused-ring (bicyclic) bond motifs is 3. The molecular formula is C25H28N6O2. The Morgan fingerprint density at radius 3 is 2.58 bits per heavy atom. The lowest BCUT2D eigenvalue weighted by Crippen LogP contribution is -2.54. The molecule has 1 amide bonds. The van der Waals surface area contributed by atoms with Crippen LogP contribution < -0.4 is 4.90 Å². The number of rotatable bonds is 4. The maximum Gasteiger partial charge on any atom is 0.410 e. The second-order valence-corrected chi connectivity index (χ2v) is 8.83. The summed E-state index contributed by atoms with van der Waals surface area (Å²) < 4.78 is 7.65. The molecule has 1 unspecified atom stereocenters. The molecule has 0 spiro atoms. The summed E-state index contributed by atoms with van der Waals surface area (Å²) in [7, 11) is 0. The van der Waals surface area contributed by atoms with E-state index in [0.717, 1.165) is 33.9 Å². The minimum atomic E-state index is -0.283. The average molecular weight is 445 g/mol. The van der Waals surface area contributed by atoms with Crippen molar-refractivity contribution in [2.75, 3.05) is 24.5 Å². The standard InChI is InChI=1S/C25H28N6O2/c1-17(2)22-27-28-23-20-11-7-8-12-21(20)26-24(31(22)23)29-13-14-30(18(3)15-29)25(32)33-16-19-9-5-4-6-10-19/h4-12,17-18H,13-16H2,1-3H3. The SMILES string of the molecule is CC(C)c1nnc2c3ccccc3nc(N3CCN(C(=O)OCc4ccccc4)C(C)C3)n12. The van der Waals surface area contributed by atoms with Crippen molar-refractivity contribution < 1.29 is 9.53 Å². The van der Waals surface area contributed by atoms with Gasteiger partial charge in [0.1, 0.15) is 12.4 Å². The zero-order valence-corrected chi connectivity index (χ0v) is 19.2. The predicted molar refractivity (Wildman–Crippen MR) is 127 cm³/mol. The number of nitrogens with zero attached hydrogens (tertiary/aromatic N) is 6. The Morgan fingerprint density at radius 1 is 1.06 bits per heavy atom. The molecule has 1 aliphatic heterocycles. The number of piperazine rings is 1. The van der Waals surface area contributed by atoms with Crippen LogP contribution in [0.4, 0.5) is 10.7 Å². The van der Waals surface area contributed by atoms with Gasteiger partial charge in [-0.3, -0.25) is 0 Å². The largest absolute Gasteiger partial charge is 0.445 e. The molecule has 0 radical (unpaired) electrons. The predicted octanol–water partition coefficient (Wildman–Crippen LogP) is 4.25. The van der Waals surface area contributed by atoms with Gasteiger partial charge in [0.25, 0.3) is 0 Å². The van der Waals surface area contributed by atoms with Crippen LogP contribution in [-0.4, -0.2) is 56.3 Å².